The van der Waals surface area contributed by atoms with E-state index in [1.165, 1.54) is 38.3 Å². The molecule has 0 saturated carbocycles. The number of hydrogen-bond acceptors (Lipinski definition) is 3. The molecule has 4 heteroatoms. The second kappa shape index (κ2) is 4.78. The molecule has 2 bridgehead atoms. The van der Waals surface area contributed by atoms with E-state index in [-0.39, 0.29) is 0 Å². The average Bonchev–Trinajstić information content (AvgIpc) is 2.85. The van der Waals surface area contributed by atoms with Gasteiger partial charge in [0.1, 0.15) is 5.82 Å². The first-order valence-electron chi connectivity index (χ1n) is 6.82. The summed E-state index contributed by atoms with van der Waals surface area (Å²) in [5.41, 5.74) is 0. The Morgan fingerprint density at radius 1 is 1.41 bits per heavy atom. The molecule has 3 fully saturated rings. The largest absolute Gasteiger partial charge is 0.334 e. The molecule has 3 saturated heterocycles. The Hall–Kier alpha value is -0.870. The first kappa shape index (κ1) is 11.2. The van der Waals surface area contributed by atoms with Crippen LogP contribution in [0.2, 0.25) is 0 Å². The lowest BCUT2D eigenvalue weighted by Gasteiger charge is -2.45. The van der Waals surface area contributed by atoms with Crippen LogP contribution in [0, 0.1) is 5.92 Å². The van der Waals surface area contributed by atoms with Crippen LogP contribution in [0.5, 0.6) is 0 Å². The molecule has 1 N–H and O–H groups in total. The fourth-order valence-corrected chi connectivity index (χ4v) is 3.21. The third-order valence-corrected chi connectivity index (χ3v) is 4.32. The maximum atomic E-state index is 4.42. The molecule has 0 aromatic carbocycles. The highest BCUT2D eigenvalue weighted by Crippen LogP contribution is 2.27. The van der Waals surface area contributed by atoms with Crippen molar-refractivity contribution >= 4 is 0 Å². The smallest absolute Gasteiger partial charge is 0.122 e. The van der Waals surface area contributed by atoms with E-state index in [4.69, 9.17) is 0 Å². The Bertz CT molecular complexity index is 365. The minimum atomic E-state index is 0.680. The van der Waals surface area contributed by atoms with Gasteiger partial charge in [-0.05, 0) is 38.8 Å². The van der Waals surface area contributed by atoms with Gasteiger partial charge in [-0.3, -0.25) is 0 Å². The minimum Gasteiger partial charge on any atom is -0.334 e. The molecule has 94 valence electrons. The lowest BCUT2D eigenvalue weighted by molar-refractivity contribution is 0.0715. The zero-order valence-electron chi connectivity index (χ0n) is 10.6. The molecule has 0 aliphatic carbocycles. The topological polar surface area (TPSA) is 33.1 Å². The highest BCUT2D eigenvalue weighted by Gasteiger charge is 2.33. The summed E-state index contributed by atoms with van der Waals surface area (Å²) in [6.07, 6.45) is 6.71. The SMILES string of the molecule is CCn1ccnc1CNC1CN2CCC1CC2. The number of hydrogen-bond donors (Lipinski definition) is 1. The van der Waals surface area contributed by atoms with Gasteiger partial charge in [0, 0.05) is 31.5 Å². The quantitative estimate of drug-likeness (QED) is 0.846. The van der Waals surface area contributed by atoms with Crippen LogP contribution in [-0.2, 0) is 13.1 Å². The molecule has 0 amide bonds. The molecule has 1 aromatic heterocycles. The Labute approximate surface area is 103 Å². The van der Waals surface area contributed by atoms with E-state index in [9.17, 15) is 0 Å². The summed E-state index contributed by atoms with van der Waals surface area (Å²) in [7, 11) is 0. The van der Waals surface area contributed by atoms with Gasteiger partial charge in [-0.1, -0.05) is 0 Å². The van der Waals surface area contributed by atoms with Crippen LogP contribution in [0.3, 0.4) is 0 Å². The van der Waals surface area contributed by atoms with Crippen LogP contribution < -0.4 is 5.32 Å². The highest BCUT2D eigenvalue weighted by molar-refractivity contribution is 4.95. The van der Waals surface area contributed by atoms with E-state index in [0.717, 1.165) is 19.0 Å². The molecule has 3 aliphatic heterocycles. The molecule has 4 heterocycles. The molecular formula is C13H22N4. The van der Waals surface area contributed by atoms with Crippen molar-refractivity contribution in [1.82, 2.24) is 19.8 Å². The Balaban J connectivity index is 1.57. The molecule has 4 nitrogen and oxygen atoms in total. The Morgan fingerprint density at radius 3 is 2.88 bits per heavy atom. The number of nitrogens with zero attached hydrogens (tertiary/aromatic N) is 3. The molecule has 1 aromatic rings. The molecule has 0 spiro atoms. The van der Waals surface area contributed by atoms with Crippen molar-refractivity contribution in [2.45, 2.75) is 38.9 Å². The summed E-state index contributed by atoms with van der Waals surface area (Å²) in [5, 5.41) is 3.71. The number of piperidine rings is 3. The first-order valence-corrected chi connectivity index (χ1v) is 6.82. The zero-order valence-corrected chi connectivity index (χ0v) is 10.6. The normalized spacial score (nSPS) is 31.9. The fraction of sp³-hybridized carbons (Fsp3) is 0.769. The van der Waals surface area contributed by atoms with Crippen molar-refractivity contribution < 1.29 is 0 Å². The van der Waals surface area contributed by atoms with Gasteiger partial charge >= 0.3 is 0 Å². The maximum Gasteiger partial charge on any atom is 0.122 e. The summed E-state index contributed by atoms with van der Waals surface area (Å²) < 4.78 is 2.22. The molecule has 4 rings (SSSR count). The predicted molar refractivity (Wildman–Crippen MR) is 67.7 cm³/mol. The fourth-order valence-electron chi connectivity index (χ4n) is 3.21. The van der Waals surface area contributed by atoms with E-state index in [1.54, 1.807) is 0 Å². The van der Waals surface area contributed by atoms with E-state index < -0.39 is 0 Å². The van der Waals surface area contributed by atoms with Gasteiger partial charge in [-0.15, -0.1) is 0 Å². The van der Waals surface area contributed by atoms with Crippen molar-refractivity contribution in [3.63, 3.8) is 0 Å². The van der Waals surface area contributed by atoms with Gasteiger partial charge < -0.3 is 14.8 Å². The van der Waals surface area contributed by atoms with E-state index in [0.29, 0.717) is 6.04 Å². The number of rotatable bonds is 4. The molecular weight excluding hydrogens is 212 g/mol. The van der Waals surface area contributed by atoms with Crippen LogP contribution in [0.15, 0.2) is 12.4 Å². The first-order chi connectivity index (χ1) is 8.36. The molecule has 1 unspecified atom stereocenters. The number of aromatic nitrogens is 2. The summed E-state index contributed by atoms with van der Waals surface area (Å²) in [5.74, 6) is 2.06. The van der Waals surface area contributed by atoms with Gasteiger partial charge in [0.05, 0.1) is 6.54 Å². The lowest BCUT2D eigenvalue weighted by atomic mass is 9.84. The average molecular weight is 234 g/mol. The van der Waals surface area contributed by atoms with Crippen molar-refractivity contribution in [2.24, 2.45) is 5.92 Å². The third kappa shape index (κ3) is 2.24. The monoisotopic (exact) mass is 234 g/mol. The van der Waals surface area contributed by atoms with Crippen molar-refractivity contribution in [1.29, 1.82) is 0 Å². The lowest BCUT2D eigenvalue weighted by Crippen LogP contribution is -2.55. The third-order valence-electron chi connectivity index (χ3n) is 4.32. The van der Waals surface area contributed by atoms with Gasteiger partial charge in [0.2, 0.25) is 0 Å². The molecule has 3 aliphatic rings. The van der Waals surface area contributed by atoms with E-state index in [1.807, 2.05) is 6.20 Å². The van der Waals surface area contributed by atoms with Crippen LogP contribution in [0.1, 0.15) is 25.6 Å². The van der Waals surface area contributed by atoms with Crippen molar-refractivity contribution in [3.05, 3.63) is 18.2 Å². The van der Waals surface area contributed by atoms with E-state index >= 15 is 0 Å². The van der Waals surface area contributed by atoms with Crippen LogP contribution >= 0.6 is 0 Å². The van der Waals surface area contributed by atoms with Gasteiger partial charge in [0.15, 0.2) is 0 Å². The molecule has 0 radical (unpaired) electrons. The summed E-state index contributed by atoms with van der Waals surface area (Å²) >= 11 is 0. The highest BCUT2D eigenvalue weighted by atomic mass is 15.2. The van der Waals surface area contributed by atoms with Gasteiger partial charge in [0.25, 0.3) is 0 Å². The number of nitrogens with one attached hydrogen (secondary N) is 1. The molecule has 17 heavy (non-hydrogen) atoms. The number of aryl methyl sites for hydroxylation is 1. The predicted octanol–water partition coefficient (Wildman–Crippen LogP) is 1.09. The summed E-state index contributed by atoms with van der Waals surface area (Å²) in [6, 6.07) is 0.680. The minimum absolute atomic E-state index is 0.680. The van der Waals surface area contributed by atoms with Crippen LogP contribution in [0.4, 0.5) is 0 Å². The number of fused-ring (bicyclic) bond motifs is 3. The van der Waals surface area contributed by atoms with Crippen molar-refractivity contribution in [3.8, 4) is 0 Å². The Kier molecular flexibility index (Phi) is 3.16. The zero-order chi connectivity index (χ0) is 11.7. The summed E-state index contributed by atoms with van der Waals surface area (Å²) in [6.45, 7) is 7.95. The van der Waals surface area contributed by atoms with Crippen LogP contribution in [0.25, 0.3) is 0 Å². The van der Waals surface area contributed by atoms with E-state index in [2.05, 4.69) is 32.9 Å². The molecule has 1 atom stereocenters. The number of imidazole rings is 1. The second-order valence-corrected chi connectivity index (χ2v) is 5.25. The maximum absolute atomic E-state index is 4.42. The Morgan fingerprint density at radius 2 is 2.24 bits per heavy atom. The van der Waals surface area contributed by atoms with Gasteiger partial charge in [-0.25, -0.2) is 4.98 Å². The second-order valence-electron chi connectivity index (χ2n) is 5.25. The van der Waals surface area contributed by atoms with Gasteiger partial charge in [-0.2, -0.15) is 0 Å². The van der Waals surface area contributed by atoms with Crippen LogP contribution in [-0.4, -0.2) is 40.1 Å². The van der Waals surface area contributed by atoms with Crippen molar-refractivity contribution in [2.75, 3.05) is 19.6 Å². The standard InChI is InChI=1S/C13H22N4/c1-2-17-8-5-14-13(17)9-15-12-10-16-6-3-11(12)4-7-16/h5,8,11-12,15H,2-4,6-7,9-10H2,1H3. The summed E-state index contributed by atoms with van der Waals surface area (Å²) in [4.78, 5) is 7.01.